The Hall–Kier alpha value is -1.71. The van der Waals surface area contributed by atoms with Crippen LogP contribution in [0.15, 0.2) is 23.8 Å². The molecular weight excluding hydrogens is 352 g/mol. The van der Waals surface area contributed by atoms with Gasteiger partial charge in [-0.15, -0.1) is 0 Å². The minimum Gasteiger partial charge on any atom is -0.458 e. The predicted octanol–water partition coefficient (Wildman–Crippen LogP) is 4.19. The van der Waals surface area contributed by atoms with Gasteiger partial charge in [0.15, 0.2) is 5.78 Å². The van der Waals surface area contributed by atoms with Gasteiger partial charge in [0.25, 0.3) is 0 Å². The van der Waals surface area contributed by atoms with Crippen LogP contribution in [0.3, 0.4) is 0 Å². The number of fused-ring (bicyclic) bond motifs is 6. The summed E-state index contributed by atoms with van der Waals surface area (Å²) < 4.78 is 6.00. The Labute approximate surface area is 166 Å². The molecular formula is C24H30O4. The van der Waals surface area contributed by atoms with Crippen molar-refractivity contribution < 1.29 is 19.1 Å². The number of rotatable bonds is 2. The second-order valence-electron chi connectivity index (χ2n) is 10.3. The topological polar surface area (TPSA) is 60.4 Å². The summed E-state index contributed by atoms with van der Waals surface area (Å²) in [6.07, 6.45) is 14.1. The molecule has 28 heavy (non-hydrogen) atoms. The van der Waals surface area contributed by atoms with Crippen LogP contribution in [0.1, 0.15) is 65.2 Å². The third-order valence-corrected chi connectivity index (χ3v) is 9.39. The van der Waals surface area contributed by atoms with E-state index in [4.69, 9.17) is 4.74 Å². The van der Waals surface area contributed by atoms with Gasteiger partial charge in [0.2, 0.25) is 0 Å². The van der Waals surface area contributed by atoms with Crippen LogP contribution in [0, 0.1) is 34.5 Å². The number of ether oxygens (including phenoxy) is 1. The van der Waals surface area contributed by atoms with Gasteiger partial charge in [0, 0.05) is 24.2 Å². The number of hydrogen-bond donors (Lipinski definition) is 0. The van der Waals surface area contributed by atoms with Crippen molar-refractivity contribution in [1.29, 1.82) is 0 Å². The normalized spacial score (nSPS) is 49.3. The SMILES string of the molecule is C[C@]12C[C@@H](CC=O)C(=O)C=C1C=C[C@@H]1[C@@H]2CC[C@@]2(C)[C@H]1CC[C@@]21CCC(=O)O1. The molecule has 1 spiro atoms. The van der Waals surface area contributed by atoms with Crippen LogP contribution in [0.25, 0.3) is 0 Å². The van der Waals surface area contributed by atoms with Crippen molar-refractivity contribution in [2.24, 2.45) is 34.5 Å². The fraction of sp³-hybridized carbons (Fsp3) is 0.708. The lowest BCUT2D eigenvalue weighted by Gasteiger charge is -2.57. The first kappa shape index (κ1) is 18.3. The van der Waals surface area contributed by atoms with E-state index in [1.54, 1.807) is 0 Å². The molecule has 3 fully saturated rings. The Kier molecular flexibility index (Phi) is 3.86. The fourth-order valence-electron chi connectivity index (χ4n) is 7.80. The molecule has 4 aliphatic carbocycles. The maximum absolute atomic E-state index is 12.5. The van der Waals surface area contributed by atoms with Crippen molar-refractivity contribution in [3.63, 3.8) is 0 Å². The monoisotopic (exact) mass is 382 g/mol. The zero-order valence-electron chi connectivity index (χ0n) is 16.9. The van der Waals surface area contributed by atoms with Gasteiger partial charge in [-0.25, -0.2) is 0 Å². The van der Waals surface area contributed by atoms with Crippen molar-refractivity contribution in [2.75, 3.05) is 0 Å². The lowest BCUT2D eigenvalue weighted by atomic mass is 9.47. The van der Waals surface area contributed by atoms with Crippen LogP contribution in [0.4, 0.5) is 0 Å². The van der Waals surface area contributed by atoms with Crippen molar-refractivity contribution >= 4 is 18.0 Å². The molecule has 0 bridgehead atoms. The highest BCUT2D eigenvalue weighted by Gasteiger charge is 2.66. The molecule has 5 rings (SSSR count). The summed E-state index contributed by atoms with van der Waals surface area (Å²) in [5, 5.41) is 0. The summed E-state index contributed by atoms with van der Waals surface area (Å²) in [5.41, 5.74) is 0.913. The molecule has 0 aromatic heterocycles. The zero-order valence-corrected chi connectivity index (χ0v) is 16.9. The third kappa shape index (κ3) is 2.21. The van der Waals surface area contributed by atoms with Gasteiger partial charge in [-0.05, 0) is 73.3 Å². The summed E-state index contributed by atoms with van der Waals surface area (Å²) in [7, 11) is 0. The molecule has 5 aliphatic rings. The number of carbonyl (C=O) groups excluding carboxylic acids is 3. The molecule has 0 amide bonds. The summed E-state index contributed by atoms with van der Waals surface area (Å²) in [5.74, 6) is 1.40. The van der Waals surface area contributed by atoms with Crippen molar-refractivity contribution in [3.8, 4) is 0 Å². The van der Waals surface area contributed by atoms with Crippen LogP contribution < -0.4 is 0 Å². The highest BCUT2D eigenvalue weighted by molar-refractivity contribution is 5.95. The van der Waals surface area contributed by atoms with Crippen LogP contribution in [0.2, 0.25) is 0 Å². The Balaban J connectivity index is 1.50. The summed E-state index contributed by atoms with van der Waals surface area (Å²) in [6.45, 7) is 4.67. The average molecular weight is 383 g/mol. The third-order valence-electron chi connectivity index (χ3n) is 9.39. The first-order valence-corrected chi connectivity index (χ1v) is 10.9. The minimum atomic E-state index is -0.257. The molecule has 0 unspecified atom stereocenters. The van der Waals surface area contributed by atoms with E-state index in [0.29, 0.717) is 30.6 Å². The van der Waals surface area contributed by atoms with Crippen LogP contribution in [0.5, 0.6) is 0 Å². The highest BCUT2D eigenvalue weighted by Crippen LogP contribution is 2.68. The quantitative estimate of drug-likeness (QED) is 0.531. The van der Waals surface area contributed by atoms with Gasteiger partial charge in [-0.2, -0.15) is 0 Å². The first-order valence-electron chi connectivity index (χ1n) is 10.9. The van der Waals surface area contributed by atoms with Gasteiger partial charge >= 0.3 is 5.97 Å². The molecule has 1 heterocycles. The summed E-state index contributed by atoms with van der Waals surface area (Å²) in [4.78, 5) is 35.5. The van der Waals surface area contributed by atoms with E-state index in [-0.39, 0.29) is 34.1 Å². The molecule has 1 saturated heterocycles. The number of allylic oxidation sites excluding steroid dienone is 4. The van der Waals surface area contributed by atoms with E-state index in [1.165, 1.54) is 0 Å². The molecule has 4 nitrogen and oxygen atoms in total. The summed E-state index contributed by atoms with van der Waals surface area (Å²) in [6, 6.07) is 0. The molecule has 150 valence electrons. The van der Waals surface area contributed by atoms with Gasteiger partial charge in [0.1, 0.15) is 11.9 Å². The van der Waals surface area contributed by atoms with E-state index < -0.39 is 0 Å². The number of aldehydes is 1. The van der Waals surface area contributed by atoms with Crippen LogP contribution >= 0.6 is 0 Å². The van der Waals surface area contributed by atoms with Crippen molar-refractivity contribution in [2.45, 2.75) is 70.8 Å². The van der Waals surface area contributed by atoms with Crippen LogP contribution in [-0.4, -0.2) is 23.6 Å². The van der Waals surface area contributed by atoms with E-state index in [1.807, 2.05) is 6.08 Å². The van der Waals surface area contributed by atoms with E-state index >= 15 is 0 Å². The standard InChI is InChI=1S/C24H30O4/c1-22-14-15(8-12-25)20(26)13-16(22)3-4-17-18(22)5-9-23(2)19(17)6-10-24(23)11-7-21(27)28-24/h3-4,12-13,15,17-19H,5-11,14H2,1-2H3/t15-,17-,18+,19+,22+,23+,24-/m1/s1. The molecule has 4 heteroatoms. The maximum atomic E-state index is 12.5. The lowest BCUT2D eigenvalue weighted by molar-refractivity contribution is -0.165. The number of ketones is 1. The fourth-order valence-corrected chi connectivity index (χ4v) is 7.80. The predicted molar refractivity (Wildman–Crippen MR) is 104 cm³/mol. The molecule has 2 saturated carbocycles. The van der Waals surface area contributed by atoms with Crippen LogP contribution in [-0.2, 0) is 19.1 Å². The minimum absolute atomic E-state index is 0.0251. The molecule has 0 aromatic carbocycles. The Morgan fingerprint density at radius 3 is 2.64 bits per heavy atom. The first-order chi connectivity index (χ1) is 13.3. The van der Waals surface area contributed by atoms with E-state index in [0.717, 1.165) is 50.4 Å². The molecule has 0 radical (unpaired) electrons. The largest absolute Gasteiger partial charge is 0.458 e. The lowest BCUT2D eigenvalue weighted by Crippen LogP contribution is -2.54. The van der Waals surface area contributed by atoms with Gasteiger partial charge in [0.05, 0.1) is 0 Å². The Morgan fingerprint density at radius 2 is 1.93 bits per heavy atom. The number of carbonyl (C=O) groups is 3. The number of esters is 1. The maximum Gasteiger partial charge on any atom is 0.306 e. The van der Waals surface area contributed by atoms with E-state index in [2.05, 4.69) is 26.0 Å². The van der Waals surface area contributed by atoms with E-state index in [9.17, 15) is 14.4 Å². The average Bonchev–Trinajstić information content (AvgIpc) is 3.17. The highest BCUT2D eigenvalue weighted by atomic mass is 16.6. The summed E-state index contributed by atoms with van der Waals surface area (Å²) >= 11 is 0. The Bertz CT molecular complexity index is 809. The zero-order chi connectivity index (χ0) is 19.7. The molecule has 7 atom stereocenters. The smallest absolute Gasteiger partial charge is 0.306 e. The molecule has 1 aliphatic heterocycles. The van der Waals surface area contributed by atoms with Crippen molar-refractivity contribution in [3.05, 3.63) is 23.8 Å². The molecule has 0 aromatic rings. The second kappa shape index (κ2) is 5.90. The van der Waals surface area contributed by atoms with Gasteiger partial charge in [-0.1, -0.05) is 26.0 Å². The van der Waals surface area contributed by atoms with Crippen molar-refractivity contribution in [1.82, 2.24) is 0 Å². The second-order valence-corrected chi connectivity index (χ2v) is 10.3. The van der Waals surface area contributed by atoms with Gasteiger partial charge < -0.3 is 9.53 Å². The number of hydrogen-bond acceptors (Lipinski definition) is 4. The molecule has 0 N–H and O–H groups in total. The Morgan fingerprint density at radius 1 is 1.14 bits per heavy atom. The van der Waals surface area contributed by atoms with Gasteiger partial charge in [-0.3, -0.25) is 9.59 Å².